The molecule has 2 heterocycles. The van der Waals surface area contributed by atoms with E-state index in [1.165, 1.54) is 0 Å². The Morgan fingerprint density at radius 1 is 1.15 bits per heavy atom. The zero-order valence-corrected chi connectivity index (χ0v) is 12.0. The first-order valence-electron chi connectivity index (χ1n) is 6.90. The molecule has 0 aliphatic heterocycles. The molecular formula is C15H20N4O. The monoisotopic (exact) mass is 272 g/mol. The van der Waals surface area contributed by atoms with Gasteiger partial charge in [-0.2, -0.15) is 0 Å². The largest absolute Gasteiger partial charge is 0.374 e. The molecule has 2 aromatic rings. The fourth-order valence-electron chi connectivity index (χ4n) is 1.86. The summed E-state index contributed by atoms with van der Waals surface area (Å²) in [6.45, 7) is 5.93. The maximum absolute atomic E-state index is 5.39. The highest BCUT2D eigenvalue weighted by Gasteiger charge is 2.06. The summed E-state index contributed by atoms with van der Waals surface area (Å²) in [5.41, 5.74) is 1.94. The molecule has 0 saturated carbocycles. The number of hydrogen-bond acceptors (Lipinski definition) is 5. The van der Waals surface area contributed by atoms with Crippen molar-refractivity contribution < 1.29 is 4.74 Å². The quantitative estimate of drug-likeness (QED) is 0.839. The van der Waals surface area contributed by atoms with E-state index in [9.17, 15) is 0 Å². The Kier molecular flexibility index (Phi) is 5.43. The van der Waals surface area contributed by atoms with Crippen LogP contribution in [0.5, 0.6) is 0 Å². The molecule has 5 nitrogen and oxygen atoms in total. The van der Waals surface area contributed by atoms with Gasteiger partial charge in [-0.3, -0.25) is 4.98 Å². The lowest BCUT2D eigenvalue weighted by Gasteiger charge is -2.09. The third-order valence-electron chi connectivity index (χ3n) is 2.71. The van der Waals surface area contributed by atoms with Crippen LogP contribution in [0, 0.1) is 0 Å². The van der Waals surface area contributed by atoms with Crippen LogP contribution in [0.2, 0.25) is 0 Å². The van der Waals surface area contributed by atoms with Gasteiger partial charge in [-0.05, 0) is 26.0 Å². The average Bonchev–Trinajstić information content (AvgIpc) is 2.46. The number of nitrogens with zero attached hydrogens (tertiary/aromatic N) is 3. The fourth-order valence-corrected chi connectivity index (χ4v) is 1.86. The molecule has 0 spiro atoms. The van der Waals surface area contributed by atoms with Crippen molar-refractivity contribution in [3.63, 3.8) is 0 Å². The molecule has 0 aliphatic carbocycles. The van der Waals surface area contributed by atoms with E-state index in [4.69, 9.17) is 4.74 Å². The number of rotatable bonds is 7. The lowest BCUT2D eigenvalue weighted by Crippen LogP contribution is -2.08. The summed E-state index contributed by atoms with van der Waals surface area (Å²) in [4.78, 5) is 13.3. The van der Waals surface area contributed by atoms with Crippen molar-refractivity contribution in [1.82, 2.24) is 15.0 Å². The van der Waals surface area contributed by atoms with Crippen LogP contribution in [0.1, 0.15) is 31.1 Å². The number of anilines is 1. The van der Waals surface area contributed by atoms with Gasteiger partial charge in [0, 0.05) is 37.5 Å². The van der Waals surface area contributed by atoms with Crippen LogP contribution < -0.4 is 5.32 Å². The van der Waals surface area contributed by atoms with Gasteiger partial charge >= 0.3 is 0 Å². The van der Waals surface area contributed by atoms with Crippen LogP contribution in [0.4, 0.5) is 5.82 Å². The minimum Gasteiger partial charge on any atom is -0.374 e. The van der Waals surface area contributed by atoms with Gasteiger partial charge in [0.2, 0.25) is 0 Å². The second kappa shape index (κ2) is 7.55. The van der Waals surface area contributed by atoms with Crippen molar-refractivity contribution >= 4 is 5.82 Å². The topological polar surface area (TPSA) is 59.9 Å². The Morgan fingerprint density at radius 2 is 2.05 bits per heavy atom. The van der Waals surface area contributed by atoms with E-state index in [1.807, 2.05) is 38.1 Å². The van der Waals surface area contributed by atoms with Gasteiger partial charge < -0.3 is 10.1 Å². The molecule has 1 N–H and O–H groups in total. The van der Waals surface area contributed by atoms with E-state index < -0.39 is 0 Å². The Balaban J connectivity index is 2.19. The van der Waals surface area contributed by atoms with Gasteiger partial charge in [-0.15, -0.1) is 0 Å². The smallest absolute Gasteiger partial charge is 0.156 e. The molecule has 0 aliphatic rings. The molecule has 5 heteroatoms. The van der Waals surface area contributed by atoms with Crippen molar-refractivity contribution in [3.8, 4) is 0 Å². The summed E-state index contributed by atoms with van der Waals surface area (Å²) in [7, 11) is 0. The predicted octanol–water partition coefficient (Wildman–Crippen LogP) is 2.43. The molecular weight excluding hydrogens is 252 g/mol. The lowest BCUT2D eigenvalue weighted by molar-refractivity contribution is 0.128. The van der Waals surface area contributed by atoms with Gasteiger partial charge in [-0.25, -0.2) is 9.97 Å². The zero-order chi connectivity index (χ0) is 14.2. The summed E-state index contributed by atoms with van der Waals surface area (Å²) < 4.78 is 5.39. The highest BCUT2D eigenvalue weighted by Crippen LogP contribution is 2.11. The Labute approximate surface area is 119 Å². The van der Waals surface area contributed by atoms with Crippen molar-refractivity contribution in [2.45, 2.75) is 26.9 Å². The minimum atomic E-state index is 0.435. The van der Waals surface area contributed by atoms with Crippen LogP contribution in [0.3, 0.4) is 0 Å². The molecule has 20 heavy (non-hydrogen) atoms. The average molecular weight is 272 g/mol. The number of ether oxygens (including phenoxy) is 1. The SMILES string of the molecule is CCNc1cc(Cc2ccccn2)nc(COCC)n1. The van der Waals surface area contributed by atoms with Gasteiger partial charge in [0.25, 0.3) is 0 Å². The molecule has 0 bridgehead atoms. The summed E-state index contributed by atoms with van der Waals surface area (Å²) in [5, 5.41) is 3.22. The van der Waals surface area contributed by atoms with Crippen molar-refractivity contribution in [2.75, 3.05) is 18.5 Å². The van der Waals surface area contributed by atoms with Crippen LogP contribution in [0.25, 0.3) is 0 Å². The van der Waals surface area contributed by atoms with Gasteiger partial charge in [0.05, 0.1) is 5.69 Å². The van der Waals surface area contributed by atoms with Crippen molar-refractivity contribution in [3.05, 3.63) is 47.7 Å². The van der Waals surface area contributed by atoms with E-state index in [1.54, 1.807) is 6.20 Å². The Bertz CT molecular complexity index is 531. The van der Waals surface area contributed by atoms with E-state index in [0.29, 0.717) is 25.5 Å². The van der Waals surface area contributed by atoms with Gasteiger partial charge in [0.1, 0.15) is 12.4 Å². The standard InChI is InChI=1S/C15H20N4O/c1-3-16-14-10-13(9-12-7-5-6-8-17-12)18-15(19-14)11-20-4-2/h5-8,10H,3-4,9,11H2,1-2H3,(H,16,18,19). The first-order valence-corrected chi connectivity index (χ1v) is 6.90. The Hall–Kier alpha value is -2.01. The number of hydrogen-bond donors (Lipinski definition) is 1. The normalized spacial score (nSPS) is 10.5. The number of pyridine rings is 1. The molecule has 106 valence electrons. The second-order valence-electron chi connectivity index (χ2n) is 4.33. The summed E-state index contributed by atoms with van der Waals surface area (Å²) >= 11 is 0. The highest BCUT2D eigenvalue weighted by atomic mass is 16.5. The molecule has 0 fully saturated rings. The molecule has 2 aromatic heterocycles. The van der Waals surface area contributed by atoms with Crippen LogP contribution in [-0.2, 0) is 17.8 Å². The van der Waals surface area contributed by atoms with Crippen LogP contribution >= 0.6 is 0 Å². The third-order valence-corrected chi connectivity index (χ3v) is 2.71. The van der Waals surface area contributed by atoms with E-state index in [2.05, 4.69) is 20.3 Å². The molecule has 0 aromatic carbocycles. The molecule has 0 unspecified atom stereocenters. The maximum Gasteiger partial charge on any atom is 0.156 e. The summed E-state index contributed by atoms with van der Waals surface area (Å²) in [5.74, 6) is 1.54. The minimum absolute atomic E-state index is 0.435. The number of aromatic nitrogens is 3. The van der Waals surface area contributed by atoms with Crippen LogP contribution in [0.15, 0.2) is 30.5 Å². The molecule has 2 rings (SSSR count). The molecule has 0 amide bonds. The first kappa shape index (κ1) is 14.4. The van der Waals surface area contributed by atoms with E-state index >= 15 is 0 Å². The lowest BCUT2D eigenvalue weighted by atomic mass is 10.2. The Morgan fingerprint density at radius 3 is 2.75 bits per heavy atom. The third kappa shape index (κ3) is 4.28. The highest BCUT2D eigenvalue weighted by molar-refractivity contribution is 5.37. The molecule has 0 radical (unpaired) electrons. The predicted molar refractivity (Wildman–Crippen MR) is 78.6 cm³/mol. The van der Waals surface area contributed by atoms with E-state index in [0.717, 1.165) is 23.8 Å². The second-order valence-corrected chi connectivity index (χ2v) is 4.33. The maximum atomic E-state index is 5.39. The van der Waals surface area contributed by atoms with Crippen molar-refractivity contribution in [1.29, 1.82) is 0 Å². The summed E-state index contributed by atoms with van der Waals surface area (Å²) in [6.07, 6.45) is 2.49. The van der Waals surface area contributed by atoms with Gasteiger partial charge in [0.15, 0.2) is 5.82 Å². The van der Waals surface area contributed by atoms with Gasteiger partial charge in [-0.1, -0.05) is 6.07 Å². The first-order chi connectivity index (χ1) is 9.81. The van der Waals surface area contributed by atoms with E-state index in [-0.39, 0.29) is 0 Å². The number of nitrogens with one attached hydrogen (secondary N) is 1. The summed E-state index contributed by atoms with van der Waals surface area (Å²) in [6, 6.07) is 7.86. The van der Waals surface area contributed by atoms with Crippen LogP contribution in [-0.4, -0.2) is 28.1 Å². The zero-order valence-electron chi connectivity index (χ0n) is 12.0. The molecule has 0 atom stereocenters. The van der Waals surface area contributed by atoms with Crippen molar-refractivity contribution in [2.24, 2.45) is 0 Å². The fraction of sp³-hybridized carbons (Fsp3) is 0.400. The molecule has 0 saturated heterocycles.